The van der Waals surface area contributed by atoms with Gasteiger partial charge in [-0.3, -0.25) is 9.59 Å². The maximum atomic E-state index is 12.8. The summed E-state index contributed by atoms with van der Waals surface area (Å²) in [6, 6.07) is 7.05. The number of para-hydroxylation sites is 1. The van der Waals surface area contributed by atoms with Gasteiger partial charge in [-0.15, -0.1) is 17.9 Å². The van der Waals surface area contributed by atoms with Crippen molar-refractivity contribution < 1.29 is 9.59 Å². The lowest BCUT2D eigenvalue weighted by atomic mass is 9.88. The van der Waals surface area contributed by atoms with E-state index in [0.29, 0.717) is 23.7 Å². The van der Waals surface area contributed by atoms with Gasteiger partial charge in [0.25, 0.3) is 11.8 Å². The molecular weight excluding hydrogens is 332 g/mol. The second-order valence-corrected chi connectivity index (χ2v) is 7.36. The molecule has 1 aromatic carbocycles. The molecule has 0 bridgehead atoms. The number of anilines is 1. The van der Waals surface area contributed by atoms with Crippen LogP contribution in [0.2, 0.25) is 0 Å². The van der Waals surface area contributed by atoms with E-state index < -0.39 is 0 Å². The average molecular weight is 354 g/mol. The zero-order chi connectivity index (χ0) is 17.8. The number of hydrogen-bond donors (Lipinski definition) is 2. The van der Waals surface area contributed by atoms with Gasteiger partial charge < -0.3 is 10.6 Å². The van der Waals surface area contributed by atoms with Gasteiger partial charge in [0.2, 0.25) is 0 Å². The number of carbonyl (C=O) groups excluding carboxylic acids is 2. The molecule has 2 amide bonds. The predicted octanol–water partition coefficient (Wildman–Crippen LogP) is 4.04. The predicted molar refractivity (Wildman–Crippen MR) is 102 cm³/mol. The molecule has 0 saturated heterocycles. The van der Waals surface area contributed by atoms with Crippen molar-refractivity contribution in [1.82, 2.24) is 5.32 Å². The van der Waals surface area contributed by atoms with Gasteiger partial charge in [-0.2, -0.15) is 0 Å². The van der Waals surface area contributed by atoms with Crippen LogP contribution >= 0.6 is 11.3 Å². The molecule has 4 nitrogen and oxygen atoms in total. The first-order valence-electron chi connectivity index (χ1n) is 8.49. The van der Waals surface area contributed by atoms with Crippen LogP contribution in [0, 0.1) is 5.92 Å². The van der Waals surface area contributed by atoms with Crippen LogP contribution in [0.3, 0.4) is 0 Å². The molecule has 1 aromatic heterocycles. The fraction of sp³-hybridized carbons (Fsp3) is 0.300. The molecule has 1 atom stereocenters. The Kier molecular flexibility index (Phi) is 5.34. The van der Waals surface area contributed by atoms with E-state index in [0.717, 1.165) is 24.8 Å². The van der Waals surface area contributed by atoms with Crippen molar-refractivity contribution in [2.75, 3.05) is 11.9 Å². The van der Waals surface area contributed by atoms with Gasteiger partial charge in [-0.25, -0.2) is 0 Å². The normalized spacial score (nSPS) is 16.0. The van der Waals surface area contributed by atoms with Crippen molar-refractivity contribution in [3.63, 3.8) is 0 Å². The number of amides is 2. The molecule has 5 heteroatoms. The Hall–Kier alpha value is -2.40. The van der Waals surface area contributed by atoms with Crippen molar-refractivity contribution in [2.24, 2.45) is 5.92 Å². The summed E-state index contributed by atoms with van der Waals surface area (Å²) in [7, 11) is 0. The minimum atomic E-state index is -0.225. The Morgan fingerprint density at radius 3 is 2.88 bits per heavy atom. The summed E-state index contributed by atoms with van der Waals surface area (Å²) in [5.74, 6) is 0.310. The van der Waals surface area contributed by atoms with E-state index >= 15 is 0 Å². The van der Waals surface area contributed by atoms with E-state index in [4.69, 9.17) is 0 Å². The van der Waals surface area contributed by atoms with E-state index in [9.17, 15) is 9.59 Å². The summed E-state index contributed by atoms with van der Waals surface area (Å²) in [5, 5.41) is 7.60. The van der Waals surface area contributed by atoms with Crippen molar-refractivity contribution in [2.45, 2.75) is 26.2 Å². The second-order valence-electron chi connectivity index (χ2n) is 6.40. The van der Waals surface area contributed by atoms with Gasteiger partial charge in [0.05, 0.1) is 16.8 Å². The number of carbonyl (C=O) groups is 2. The molecule has 2 aromatic rings. The van der Waals surface area contributed by atoms with Crippen LogP contribution in [0.5, 0.6) is 0 Å². The summed E-state index contributed by atoms with van der Waals surface area (Å²) < 4.78 is 0. The number of benzene rings is 1. The topological polar surface area (TPSA) is 58.2 Å². The summed E-state index contributed by atoms with van der Waals surface area (Å²) in [5.41, 5.74) is 2.90. The highest BCUT2D eigenvalue weighted by atomic mass is 32.1. The highest BCUT2D eigenvalue weighted by molar-refractivity contribution is 7.10. The van der Waals surface area contributed by atoms with Crippen LogP contribution in [-0.4, -0.2) is 18.4 Å². The first kappa shape index (κ1) is 17.4. The number of hydrogen-bond acceptors (Lipinski definition) is 3. The van der Waals surface area contributed by atoms with Crippen LogP contribution in [0.4, 0.5) is 5.69 Å². The Labute approximate surface area is 152 Å². The summed E-state index contributed by atoms with van der Waals surface area (Å²) in [6.45, 7) is 6.23. The monoisotopic (exact) mass is 354 g/mol. The first-order chi connectivity index (χ1) is 12.1. The Bertz CT molecular complexity index is 810. The van der Waals surface area contributed by atoms with Crippen molar-refractivity contribution >= 4 is 28.8 Å². The van der Waals surface area contributed by atoms with Crippen LogP contribution in [0.25, 0.3) is 0 Å². The smallest absolute Gasteiger partial charge is 0.256 e. The Morgan fingerprint density at radius 1 is 1.28 bits per heavy atom. The zero-order valence-electron chi connectivity index (χ0n) is 14.3. The number of fused-ring (bicyclic) bond motifs is 1. The van der Waals surface area contributed by atoms with E-state index in [2.05, 4.69) is 24.1 Å². The van der Waals surface area contributed by atoms with Crippen LogP contribution in [0.15, 0.2) is 42.3 Å². The highest BCUT2D eigenvalue weighted by Gasteiger charge is 2.24. The Morgan fingerprint density at radius 2 is 2.08 bits per heavy atom. The molecule has 25 heavy (non-hydrogen) atoms. The molecule has 130 valence electrons. The average Bonchev–Trinajstić information content (AvgIpc) is 3.03. The van der Waals surface area contributed by atoms with Crippen molar-refractivity contribution in [3.05, 3.63) is 63.9 Å². The molecule has 0 spiro atoms. The van der Waals surface area contributed by atoms with Gasteiger partial charge >= 0.3 is 0 Å². The molecule has 3 rings (SSSR count). The second kappa shape index (κ2) is 7.66. The third-order valence-electron chi connectivity index (χ3n) is 4.47. The number of rotatable bonds is 5. The molecule has 1 aliphatic carbocycles. The lowest BCUT2D eigenvalue weighted by Gasteiger charge is -2.19. The quantitative estimate of drug-likeness (QED) is 0.796. The highest BCUT2D eigenvalue weighted by Crippen LogP contribution is 2.33. The summed E-state index contributed by atoms with van der Waals surface area (Å²) >= 11 is 1.67. The largest absolute Gasteiger partial charge is 0.349 e. The molecule has 1 aliphatic rings. The van der Waals surface area contributed by atoms with Gasteiger partial charge in [-0.1, -0.05) is 25.1 Å². The fourth-order valence-corrected chi connectivity index (χ4v) is 4.35. The molecule has 0 radical (unpaired) electrons. The lowest BCUT2D eigenvalue weighted by molar-refractivity contribution is 0.0959. The minimum Gasteiger partial charge on any atom is -0.349 e. The first-order valence-corrected chi connectivity index (χ1v) is 9.36. The van der Waals surface area contributed by atoms with Crippen LogP contribution in [0.1, 0.15) is 44.5 Å². The van der Waals surface area contributed by atoms with Gasteiger partial charge in [0.1, 0.15) is 0 Å². The SMILES string of the molecule is C=CCNC(=O)c1ccccc1NC(=O)c1csc2c1CCC(C)C2. The Balaban J connectivity index is 1.80. The summed E-state index contributed by atoms with van der Waals surface area (Å²) in [4.78, 5) is 26.3. The standard InChI is InChI=1S/C20H22N2O2S/c1-3-10-21-19(23)15-6-4-5-7-17(15)22-20(24)16-12-25-18-11-13(2)8-9-14(16)18/h3-7,12-13H,1,8-11H2,2H3,(H,21,23)(H,22,24). The van der Waals surface area contributed by atoms with Crippen molar-refractivity contribution in [3.8, 4) is 0 Å². The molecule has 1 unspecified atom stereocenters. The van der Waals surface area contributed by atoms with E-state index in [1.165, 1.54) is 10.4 Å². The minimum absolute atomic E-state index is 0.143. The van der Waals surface area contributed by atoms with Gasteiger partial charge in [-0.05, 0) is 42.9 Å². The molecule has 1 heterocycles. The van der Waals surface area contributed by atoms with Crippen molar-refractivity contribution in [1.29, 1.82) is 0 Å². The number of nitrogens with one attached hydrogen (secondary N) is 2. The lowest BCUT2D eigenvalue weighted by Crippen LogP contribution is -2.25. The van der Waals surface area contributed by atoms with Crippen LogP contribution < -0.4 is 10.6 Å². The van der Waals surface area contributed by atoms with Gasteiger partial charge in [0, 0.05) is 16.8 Å². The summed E-state index contributed by atoms with van der Waals surface area (Å²) in [6.07, 6.45) is 4.74. The third-order valence-corrected chi connectivity index (χ3v) is 5.52. The maximum Gasteiger partial charge on any atom is 0.256 e. The van der Waals surface area contributed by atoms with E-state index in [-0.39, 0.29) is 11.8 Å². The molecule has 0 aliphatic heterocycles. The number of thiophene rings is 1. The van der Waals surface area contributed by atoms with Gasteiger partial charge in [0.15, 0.2) is 0 Å². The van der Waals surface area contributed by atoms with E-state index in [1.807, 2.05) is 11.4 Å². The molecule has 0 saturated carbocycles. The zero-order valence-corrected chi connectivity index (χ0v) is 15.1. The van der Waals surface area contributed by atoms with E-state index in [1.54, 1.807) is 35.6 Å². The fourth-order valence-electron chi connectivity index (χ4n) is 3.11. The molecule has 0 fully saturated rings. The maximum absolute atomic E-state index is 12.8. The van der Waals surface area contributed by atoms with Crippen LogP contribution in [-0.2, 0) is 12.8 Å². The third kappa shape index (κ3) is 3.82. The molecular formula is C20H22N2O2S. The molecule has 2 N–H and O–H groups in total.